The maximum absolute atomic E-state index is 11.8. The van der Waals surface area contributed by atoms with Crippen LogP contribution >= 0.6 is 22.9 Å². The molecule has 0 bridgehead atoms. The molecule has 86 valence electrons. The first-order valence-corrected chi connectivity index (χ1v) is 7.33. The quantitative estimate of drug-likeness (QED) is 0.861. The fourth-order valence-corrected chi connectivity index (χ4v) is 3.76. The molecule has 6 heteroatoms. The summed E-state index contributed by atoms with van der Waals surface area (Å²) < 4.78 is 17.5. The second-order valence-corrected chi connectivity index (χ2v) is 6.63. The Balaban J connectivity index is 1.94. The molecule has 3 nitrogen and oxygen atoms in total. The molecular weight excluding hydrogens is 266 g/mol. The van der Waals surface area contributed by atoms with Crippen LogP contribution in [0.4, 0.5) is 0 Å². The van der Waals surface area contributed by atoms with Crippen molar-refractivity contribution in [3.05, 3.63) is 38.9 Å². The van der Waals surface area contributed by atoms with Crippen LogP contribution < -0.4 is 0 Å². The van der Waals surface area contributed by atoms with Crippen molar-refractivity contribution in [1.29, 1.82) is 0 Å². The fourth-order valence-electron chi connectivity index (χ4n) is 1.28. The summed E-state index contributed by atoms with van der Waals surface area (Å²) in [7, 11) is -0.977. The molecule has 0 amide bonds. The lowest BCUT2D eigenvalue weighted by atomic mass is 10.4. The fraction of sp³-hybridized carbons (Fsp3) is 0.300. The molecule has 1 atom stereocenters. The molecule has 0 fully saturated rings. The van der Waals surface area contributed by atoms with E-state index in [2.05, 4.69) is 5.16 Å². The average molecular weight is 276 g/mol. The van der Waals surface area contributed by atoms with Gasteiger partial charge in [-0.1, -0.05) is 16.8 Å². The van der Waals surface area contributed by atoms with Gasteiger partial charge in [0.2, 0.25) is 0 Å². The number of thiophene rings is 1. The van der Waals surface area contributed by atoms with Gasteiger partial charge >= 0.3 is 0 Å². The molecule has 0 aliphatic heterocycles. The Morgan fingerprint density at radius 2 is 2.31 bits per heavy atom. The van der Waals surface area contributed by atoms with E-state index in [1.807, 2.05) is 19.1 Å². The molecule has 0 unspecified atom stereocenters. The standard InChI is InChI=1S/C10H10ClNO2S2/c1-7-4-8(14-12-7)5-16(13)6-9-2-3-10(11)15-9/h2-4H,5-6H2,1H3/t16-/m0/s1. The van der Waals surface area contributed by atoms with Gasteiger partial charge in [0.1, 0.15) is 5.76 Å². The van der Waals surface area contributed by atoms with Gasteiger partial charge in [0.25, 0.3) is 0 Å². The first-order valence-electron chi connectivity index (χ1n) is 4.65. The number of nitrogens with zero attached hydrogens (tertiary/aromatic N) is 1. The predicted octanol–water partition coefficient (Wildman–Crippen LogP) is 3.15. The molecule has 0 saturated carbocycles. The van der Waals surface area contributed by atoms with Gasteiger partial charge in [0.15, 0.2) is 0 Å². The van der Waals surface area contributed by atoms with Crippen LogP contribution in [0.25, 0.3) is 0 Å². The Hall–Kier alpha value is -0.650. The van der Waals surface area contributed by atoms with Gasteiger partial charge < -0.3 is 4.52 Å². The Labute approximate surface area is 105 Å². The van der Waals surface area contributed by atoms with Crippen LogP contribution in [0.3, 0.4) is 0 Å². The van der Waals surface area contributed by atoms with Crippen LogP contribution in [0.15, 0.2) is 22.7 Å². The number of aromatic nitrogens is 1. The van der Waals surface area contributed by atoms with Crippen molar-refractivity contribution < 1.29 is 8.73 Å². The summed E-state index contributed by atoms with van der Waals surface area (Å²) in [6.45, 7) is 1.84. The predicted molar refractivity (Wildman–Crippen MR) is 66.1 cm³/mol. The molecule has 0 N–H and O–H groups in total. The summed E-state index contributed by atoms with van der Waals surface area (Å²) in [5.74, 6) is 1.58. The van der Waals surface area contributed by atoms with Crippen molar-refractivity contribution in [3.8, 4) is 0 Å². The largest absolute Gasteiger partial charge is 0.360 e. The van der Waals surface area contributed by atoms with Gasteiger partial charge in [-0.25, -0.2) is 0 Å². The molecule has 2 rings (SSSR count). The first-order chi connectivity index (χ1) is 7.63. The van der Waals surface area contributed by atoms with Gasteiger partial charge in [-0.3, -0.25) is 4.21 Å². The van der Waals surface area contributed by atoms with Crippen molar-refractivity contribution in [3.63, 3.8) is 0 Å². The Kier molecular flexibility index (Phi) is 3.78. The highest BCUT2D eigenvalue weighted by atomic mass is 35.5. The lowest BCUT2D eigenvalue weighted by molar-refractivity contribution is 0.390. The van der Waals surface area contributed by atoms with Crippen LogP contribution in [-0.4, -0.2) is 9.37 Å². The summed E-state index contributed by atoms with van der Waals surface area (Å²) >= 11 is 7.26. The van der Waals surface area contributed by atoms with Crippen LogP contribution in [-0.2, 0) is 22.3 Å². The van der Waals surface area contributed by atoms with Gasteiger partial charge in [0, 0.05) is 21.7 Å². The van der Waals surface area contributed by atoms with E-state index in [0.717, 1.165) is 14.9 Å². The summed E-state index contributed by atoms with van der Waals surface area (Å²) in [5.41, 5.74) is 0.811. The van der Waals surface area contributed by atoms with Crippen molar-refractivity contribution in [2.45, 2.75) is 18.4 Å². The Morgan fingerprint density at radius 1 is 1.50 bits per heavy atom. The maximum atomic E-state index is 11.8. The molecule has 0 aromatic carbocycles. The zero-order chi connectivity index (χ0) is 11.5. The second-order valence-electron chi connectivity index (χ2n) is 3.37. The van der Waals surface area contributed by atoms with E-state index in [-0.39, 0.29) is 0 Å². The summed E-state index contributed by atoms with van der Waals surface area (Å²) in [5, 5.41) is 3.75. The highest BCUT2D eigenvalue weighted by molar-refractivity contribution is 7.83. The molecule has 16 heavy (non-hydrogen) atoms. The minimum Gasteiger partial charge on any atom is -0.360 e. The van der Waals surface area contributed by atoms with E-state index in [0.29, 0.717) is 17.3 Å². The van der Waals surface area contributed by atoms with Crippen LogP contribution in [0.1, 0.15) is 16.3 Å². The molecule has 0 radical (unpaired) electrons. The molecule has 0 aliphatic carbocycles. The van der Waals surface area contributed by atoms with Gasteiger partial charge in [0.05, 0.1) is 21.5 Å². The highest BCUT2D eigenvalue weighted by Crippen LogP contribution is 2.23. The summed E-state index contributed by atoms with van der Waals surface area (Å²) in [6.07, 6.45) is 0. The molecule has 0 spiro atoms. The molecular formula is C10H10ClNO2S2. The molecule has 2 heterocycles. The van der Waals surface area contributed by atoms with Gasteiger partial charge in [-0.15, -0.1) is 11.3 Å². The van der Waals surface area contributed by atoms with Crippen molar-refractivity contribution in [1.82, 2.24) is 5.16 Å². The van der Waals surface area contributed by atoms with Gasteiger partial charge in [-0.05, 0) is 19.1 Å². The van der Waals surface area contributed by atoms with E-state index in [1.54, 1.807) is 6.07 Å². The SMILES string of the molecule is Cc1cc(C[S@](=O)Cc2ccc(Cl)s2)on1. The number of rotatable bonds is 4. The van der Waals surface area contributed by atoms with Crippen molar-refractivity contribution in [2.75, 3.05) is 0 Å². The maximum Gasteiger partial charge on any atom is 0.149 e. The summed E-state index contributed by atoms with van der Waals surface area (Å²) in [4.78, 5) is 1.03. The molecule has 0 aliphatic rings. The van der Waals surface area contributed by atoms with Crippen LogP contribution in [0.2, 0.25) is 4.34 Å². The average Bonchev–Trinajstić information content (AvgIpc) is 2.76. The first kappa shape index (κ1) is 11.8. The number of hydrogen-bond acceptors (Lipinski definition) is 4. The van der Waals surface area contributed by atoms with E-state index < -0.39 is 10.8 Å². The van der Waals surface area contributed by atoms with Crippen molar-refractivity contribution in [2.24, 2.45) is 0 Å². The van der Waals surface area contributed by atoms with E-state index in [1.165, 1.54) is 11.3 Å². The van der Waals surface area contributed by atoms with Crippen LogP contribution in [0, 0.1) is 6.92 Å². The van der Waals surface area contributed by atoms with E-state index in [9.17, 15) is 4.21 Å². The zero-order valence-electron chi connectivity index (χ0n) is 8.60. The highest BCUT2D eigenvalue weighted by Gasteiger charge is 2.09. The van der Waals surface area contributed by atoms with Crippen molar-refractivity contribution >= 4 is 33.7 Å². The third-order valence-electron chi connectivity index (χ3n) is 1.91. The number of aryl methyl sites for hydroxylation is 1. The van der Waals surface area contributed by atoms with E-state index in [4.69, 9.17) is 16.1 Å². The van der Waals surface area contributed by atoms with Gasteiger partial charge in [-0.2, -0.15) is 0 Å². The second kappa shape index (κ2) is 5.12. The smallest absolute Gasteiger partial charge is 0.149 e. The number of hydrogen-bond donors (Lipinski definition) is 0. The lowest BCUT2D eigenvalue weighted by Crippen LogP contribution is -1.96. The van der Waals surface area contributed by atoms with E-state index >= 15 is 0 Å². The molecule has 2 aromatic rings. The van der Waals surface area contributed by atoms with Crippen LogP contribution in [0.5, 0.6) is 0 Å². The lowest BCUT2D eigenvalue weighted by Gasteiger charge is -1.96. The monoisotopic (exact) mass is 275 g/mol. The number of halogens is 1. The third-order valence-corrected chi connectivity index (χ3v) is 4.57. The topological polar surface area (TPSA) is 43.1 Å². The third kappa shape index (κ3) is 3.17. The normalized spacial score (nSPS) is 12.9. The Bertz CT molecular complexity index is 462. The minimum absolute atomic E-state index is 0.399. The molecule has 2 aromatic heterocycles. The minimum atomic E-state index is -0.977. The zero-order valence-corrected chi connectivity index (χ0v) is 11.0. The molecule has 0 saturated heterocycles. The summed E-state index contributed by atoms with van der Waals surface area (Å²) in [6, 6.07) is 5.52. The Morgan fingerprint density at radius 3 is 2.88 bits per heavy atom.